The lowest BCUT2D eigenvalue weighted by Crippen LogP contribution is -2.60. The number of aliphatic hydroxyl groups excluding tert-OH is 1. The molecule has 0 bridgehead atoms. The largest absolute Gasteiger partial charge is 0.469 e. The van der Waals surface area contributed by atoms with Gasteiger partial charge in [-0.15, -0.1) is 0 Å². The molecule has 0 aromatic heterocycles. The fourth-order valence-corrected chi connectivity index (χ4v) is 9.26. The van der Waals surface area contributed by atoms with Crippen LogP contribution in [0.2, 0.25) is 0 Å². The van der Waals surface area contributed by atoms with Gasteiger partial charge in [-0.3, -0.25) is 9.59 Å². The summed E-state index contributed by atoms with van der Waals surface area (Å²) in [4.78, 5) is 25.7. The van der Waals surface area contributed by atoms with Crippen LogP contribution in [0.25, 0.3) is 0 Å². The van der Waals surface area contributed by atoms with E-state index in [2.05, 4.69) is 27.7 Å². The summed E-state index contributed by atoms with van der Waals surface area (Å²) >= 11 is 0. The molecular formula is C27H44O4. The highest BCUT2D eigenvalue weighted by molar-refractivity contribution is 5.86. The minimum absolute atomic E-state index is 0.109. The lowest BCUT2D eigenvalue weighted by molar-refractivity contribution is -0.173. The van der Waals surface area contributed by atoms with Gasteiger partial charge in [-0.25, -0.2) is 0 Å². The summed E-state index contributed by atoms with van der Waals surface area (Å²) in [6.45, 7) is 9.42. The fraction of sp³-hybridized carbons (Fsp3) is 0.926. The summed E-state index contributed by atoms with van der Waals surface area (Å²) in [6.07, 6.45) is 9.59. The van der Waals surface area contributed by atoms with Crippen LogP contribution in [-0.2, 0) is 14.3 Å². The van der Waals surface area contributed by atoms with Gasteiger partial charge in [0.25, 0.3) is 0 Å². The van der Waals surface area contributed by atoms with Gasteiger partial charge in [0.2, 0.25) is 0 Å². The predicted octanol–water partition coefficient (Wildman–Crippen LogP) is 5.41. The third kappa shape index (κ3) is 3.60. The molecule has 0 aromatic rings. The van der Waals surface area contributed by atoms with Crippen LogP contribution < -0.4 is 0 Å². The number of fused-ring (bicyclic) bond motifs is 5. The summed E-state index contributed by atoms with van der Waals surface area (Å²) in [7, 11) is 1.47. The summed E-state index contributed by atoms with van der Waals surface area (Å²) in [6, 6.07) is 0. The Morgan fingerprint density at radius 3 is 2.45 bits per heavy atom. The molecule has 0 amide bonds. The van der Waals surface area contributed by atoms with E-state index in [0.717, 1.165) is 44.9 Å². The van der Waals surface area contributed by atoms with Gasteiger partial charge in [0.15, 0.2) is 0 Å². The highest BCUT2D eigenvalue weighted by Gasteiger charge is 2.65. The van der Waals surface area contributed by atoms with Crippen molar-refractivity contribution in [2.45, 2.75) is 98.0 Å². The molecule has 0 aliphatic heterocycles. The van der Waals surface area contributed by atoms with Crippen molar-refractivity contribution in [3.8, 4) is 0 Å². The number of methoxy groups -OCH3 is 1. The van der Waals surface area contributed by atoms with E-state index in [9.17, 15) is 14.7 Å². The number of Topliss-reactive ketones (excluding diaryl/α,β-unsaturated/α-hetero) is 1. The summed E-state index contributed by atoms with van der Waals surface area (Å²) in [5, 5.41) is 10.4. The molecule has 0 aromatic carbocycles. The Bertz CT molecular complexity index is 703. The molecule has 0 saturated heterocycles. The van der Waals surface area contributed by atoms with E-state index in [1.165, 1.54) is 20.0 Å². The molecule has 0 heterocycles. The van der Waals surface area contributed by atoms with Crippen molar-refractivity contribution in [1.82, 2.24) is 0 Å². The first kappa shape index (κ1) is 23.3. The van der Waals surface area contributed by atoms with E-state index in [0.29, 0.717) is 41.8 Å². The van der Waals surface area contributed by atoms with Gasteiger partial charge >= 0.3 is 5.97 Å². The number of aliphatic hydroxyl groups is 1. The number of ketones is 1. The lowest BCUT2D eigenvalue weighted by atomic mass is 9.42. The number of esters is 1. The number of hydrogen-bond acceptors (Lipinski definition) is 4. The second kappa shape index (κ2) is 8.47. The third-order valence-electron chi connectivity index (χ3n) is 10.9. The van der Waals surface area contributed by atoms with Crippen LogP contribution in [0.1, 0.15) is 91.9 Å². The van der Waals surface area contributed by atoms with Gasteiger partial charge in [0, 0.05) is 18.3 Å². The van der Waals surface area contributed by atoms with Gasteiger partial charge in [-0.05, 0) is 98.2 Å². The molecule has 4 nitrogen and oxygen atoms in total. The van der Waals surface area contributed by atoms with Crippen LogP contribution in [0.3, 0.4) is 0 Å². The molecule has 1 unspecified atom stereocenters. The van der Waals surface area contributed by atoms with Crippen molar-refractivity contribution < 1.29 is 19.4 Å². The average Bonchev–Trinajstić information content (AvgIpc) is 3.10. The van der Waals surface area contributed by atoms with Crippen LogP contribution in [0.5, 0.6) is 0 Å². The summed E-state index contributed by atoms with van der Waals surface area (Å²) < 4.78 is 4.87. The predicted molar refractivity (Wildman–Crippen MR) is 121 cm³/mol. The van der Waals surface area contributed by atoms with Crippen molar-refractivity contribution >= 4 is 11.8 Å². The second-order valence-corrected chi connectivity index (χ2v) is 12.0. The van der Waals surface area contributed by atoms with Crippen LogP contribution in [0.4, 0.5) is 0 Å². The molecule has 4 heteroatoms. The Balaban J connectivity index is 1.59. The zero-order chi connectivity index (χ0) is 22.6. The smallest absolute Gasteiger partial charge is 0.305 e. The van der Waals surface area contributed by atoms with Gasteiger partial charge < -0.3 is 9.84 Å². The zero-order valence-electron chi connectivity index (χ0n) is 20.4. The molecule has 10 atom stereocenters. The van der Waals surface area contributed by atoms with Gasteiger partial charge in [-0.1, -0.05) is 27.7 Å². The third-order valence-corrected chi connectivity index (χ3v) is 10.9. The highest BCUT2D eigenvalue weighted by Crippen LogP contribution is 2.68. The second-order valence-electron chi connectivity index (χ2n) is 12.0. The summed E-state index contributed by atoms with van der Waals surface area (Å²) in [5.74, 6) is 3.16. The van der Waals surface area contributed by atoms with Crippen LogP contribution >= 0.6 is 0 Å². The minimum atomic E-state index is -0.225. The van der Waals surface area contributed by atoms with Crippen molar-refractivity contribution in [3.05, 3.63) is 0 Å². The molecule has 4 rings (SSSR count). The number of rotatable bonds is 5. The minimum Gasteiger partial charge on any atom is -0.469 e. The standard InChI is InChI=1S/C27H44O4/c1-6-18-22-15-17(28)11-13-27(22,4)21-12-14-26(3)19(16(2)7-10-23(29)31-5)8-9-20(26)24(21)25(18)30/h16-22,24,28H,6-15H2,1-5H3/t16?,17-,18+,19+,20-,21-,22-,24-,26+,27+/m0/s1. The fourth-order valence-electron chi connectivity index (χ4n) is 9.26. The van der Waals surface area contributed by atoms with E-state index < -0.39 is 0 Å². The first-order valence-electron chi connectivity index (χ1n) is 13.0. The Morgan fingerprint density at radius 1 is 1.10 bits per heavy atom. The van der Waals surface area contributed by atoms with E-state index in [4.69, 9.17) is 4.74 Å². The van der Waals surface area contributed by atoms with Crippen LogP contribution in [0, 0.1) is 52.3 Å². The Hall–Kier alpha value is -0.900. The topological polar surface area (TPSA) is 63.6 Å². The molecule has 4 aliphatic carbocycles. The first-order chi connectivity index (χ1) is 14.7. The molecule has 31 heavy (non-hydrogen) atoms. The van der Waals surface area contributed by atoms with Crippen molar-refractivity contribution in [2.24, 2.45) is 52.3 Å². The van der Waals surface area contributed by atoms with E-state index >= 15 is 0 Å². The molecule has 4 saturated carbocycles. The maximum absolute atomic E-state index is 14.0. The molecule has 176 valence electrons. The Morgan fingerprint density at radius 2 is 1.77 bits per heavy atom. The molecular weight excluding hydrogens is 388 g/mol. The van der Waals surface area contributed by atoms with Crippen molar-refractivity contribution in [3.63, 3.8) is 0 Å². The normalized spacial score (nSPS) is 47.8. The average molecular weight is 433 g/mol. The van der Waals surface area contributed by atoms with Gasteiger partial charge in [0.05, 0.1) is 13.2 Å². The van der Waals surface area contributed by atoms with E-state index in [1.807, 2.05) is 0 Å². The number of hydrogen-bond donors (Lipinski definition) is 1. The molecule has 0 radical (unpaired) electrons. The number of carbonyl (C=O) groups is 2. The molecule has 4 fully saturated rings. The summed E-state index contributed by atoms with van der Waals surface area (Å²) in [5.41, 5.74) is 0.413. The monoisotopic (exact) mass is 432 g/mol. The number of ether oxygens (including phenoxy) is 1. The lowest BCUT2D eigenvalue weighted by Gasteiger charge is -2.62. The maximum Gasteiger partial charge on any atom is 0.305 e. The van der Waals surface area contributed by atoms with Crippen molar-refractivity contribution in [1.29, 1.82) is 0 Å². The highest BCUT2D eigenvalue weighted by atomic mass is 16.5. The number of carbonyl (C=O) groups excluding carboxylic acids is 2. The zero-order valence-corrected chi connectivity index (χ0v) is 20.4. The van der Waals surface area contributed by atoms with Crippen molar-refractivity contribution in [2.75, 3.05) is 7.11 Å². The van der Waals surface area contributed by atoms with Crippen LogP contribution in [0.15, 0.2) is 0 Å². The molecule has 0 spiro atoms. The van der Waals surface area contributed by atoms with Gasteiger partial charge in [0.1, 0.15) is 5.78 Å². The van der Waals surface area contributed by atoms with Crippen LogP contribution in [-0.4, -0.2) is 30.1 Å². The first-order valence-corrected chi connectivity index (χ1v) is 13.0. The van der Waals surface area contributed by atoms with Gasteiger partial charge in [-0.2, -0.15) is 0 Å². The SMILES string of the molecule is CC[C@H]1C(=O)[C@@H]2[C@H](CC[C@]3(C)[C@@H](C(C)CCC(=O)OC)CC[C@@H]23)[C@@]2(C)CC[C@H](O)C[C@@H]12. The molecule has 4 aliphatic rings. The van der Waals surface area contributed by atoms with E-state index in [1.54, 1.807) is 0 Å². The maximum atomic E-state index is 14.0. The molecule has 1 N–H and O–H groups in total. The Kier molecular flexibility index (Phi) is 6.35. The quantitative estimate of drug-likeness (QED) is 0.590. The Labute approximate surface area is 188 Å². The van der Waals surface area contributed by atoms with E-state index in [-0.39, 0.29) is 34.7 Å².